The number of morpholine rings is 1. The van der Waals surface area contributed by atoms with Gasteiger partial charge in [0, 0.05) is 25.3 Å². The van der Waals surface area contributed by atoms with E-state index in [1.807, 2.05) is 0 Å². The zero-order valence-electron chi connectivity index (χ0n) is 11.9. The zero-order valence-corrected chi connectivity index (χ0v) is 11.9. The molecule has 1 fully saturated rings. The van der Waals surface area contributed by atoms with Crippen molar-refractivity contribution in [3.8, 4) is 0 Å². The fourth-order valence-corrected chi connectivity index (χ4v) is 3.03. The van der Waals surface area contributed by atoms with Crippen molar-refractivity contribution in [1.82, 2.24) is 0 Å². The van der Waals surface area contributed by atoms with E-state index < -0.39 is 0 Å². The van der Waals surface area contributed by atoms with E-state index in [1.165, 1.54) is 22.4 Å². The Morgan fingerprint density at radius 2 is 1.83 bits per heavy atom. The predicted molar refractivity (Wildman–Crippen MR) is 76.3 cm³/mol. The molecule has 1 aromatic rings. The molecule has 2 unspecified atom stereocenters. The fraction of sp³-hybridized carbons (Fsp3) is 0.600. The Kier molecular flexibility index (Phi) is 3.93. The smallest absolute Gasteiger partial charge is 0.0876 e. The van der Waals surface area contributed by atoms with Crippen molar-refractivity contribution in [3.05, 3.63) is 28.8 Å². The lowest BCUT2D eigenvalue weighted by molar-refractivity contribution is -0.0105. The molecule has 1 heterocycles. The molecule has 0 saturated carbocycles. The summed E-state index contributed by atoms with van der Waals surface area (Å²) in [5.41, 5.74) is 11.1. The molecule has 2 atom stereocenters. The minimum Gasteiger partial charge on any atom is -0.370 e. The van der Waals surface area contributed by atoms with Crippen molar-refractivity contribution < 1.29 is 4.74 Å². The summed E-state index contributed by atoms with van der Waals surface area (Å²) in [5.74, 6) is 0. The highest BCUT2D eigenvalue weighted by atomic mass is 16.5. The predicted octanol–water partition coefficient (Wildman–Crippen LogP) is 2.16. The van der Waals surface area contributed by atoms with Gasteiger partial charge < -0.3 is 15.4 Å². The monoisotopic (exact) mass is 248 g/mol. The molecule has 0 aromatic heterocycles. The van der Waals surface area contributed by atoms with Crippen LogP contribution in [-0.2, 0) is 4.74 Å². The average Bonchev–Trinajstić information content (AvgIpc) is 2.26. The molecule has 3 heteroatoms. The number of rotatable bonds is 2. The quantitative estimate of drug-likeness (QED) is 0.871. The van der Waals surface area contributed by atoms with Crippen molar-refractivity contribution >= 4 is 5.69 Å². The summed E-state index contributed by atoms with van der Waals surface area (Å²) in [6, 6.07) is 4.50. The summed E-state index contributed by atoms with van der Waals surface area (Å²) < 4.78 is 5.82. The molecule has 0 aliphatic carbocycles. The standard InChI is InChI=1S/C15H24N2O/c1-10-5-11(2)15(12(3)6-10)17-8-13(4)18-14(7-16)9-17/h5-6,13-14H,7-9,16H2,1-4H3. The van der Waals surface area contributed by atoms with E-state index in [4.69, 9.17) is 10.5 Å². The summed E-state index contributed by atoms with van der Waals surface area (Å²) in [6.07, 6.45) is 0.390. The van der Waals surface area contributed by atoms with Crippen LogP contribution in [0.1, 0.15) is 23.6 Å². The molecule has 18 heavy (non-hydrogen) atoms. The second-order valence-electron chi connectivity index (χ2n) is 5.46. The van der Waals surface area contributed by atoms with Gasteiger partial charge in [0.2, 0.25) is 0 Å². The van der Waals surface area contributed by atoms with Crippen LogP contribution < -0.4 is 10.6 Å². The highest BCUT2D eigenvalue weighted by Gasteiger charge is 2.26. The summed E-state index contributed by atoms with van der Waals surface area (Å²) in [4.78, 5) is 2.43. The van der Waals surface area contributed by atoms with Gasteiger partial charge in [-0.3, -0.25) is 0 Å². The Morgan fingerprint density at radius 1 is 1.22 bits per heavy atom. The molecule has 0 bridgehead atoms. The summed E-state index contributed by atoms with van der Waals surface area (Å²) >= 11 is 0. The third kappa shape index (κ3) is 2.68. The molecule has 0 amide bonds. The van der Waals surface area contributed by atoms with Gasteiger partial charge in [0.1, 0.15) is 0 Å². The molecule has 2 N–H and O–H groups in total. The Labute approximate surface area is 110 Å². The first kappa shape index (κ1) is 13.4. The van der Waals surface area contributed by atoms with Gasteiger partial charge in [0.05, 0.1) is 12.2 Å². The van der Waals surface area contributed by atoms with Gasteiger partial charge in [-0.1, -0.05) is 17.7 Å². The van der Waals surface area contributed by atoms with E-state index in [0.29, 0.717) is 6.54 Å². The van der Waals surface area contributed by atoms with E-state index in [-0.39, 0.29) is 12.2 Å². The number of ether oxygens (including phenoxy) is 1. The third-order valence-corrected chi connectivity index (χ3v) is 3.54. The van der Waals surface area contributed by atoms with Gasteiger partial charge in [0.15, 0.2) is 0 Å². The Morgan fingerprint density at radius 3 is 2.39 bits per heavy atom. The van der Waals surface area contributed by atoms with Crippen LogP contribution in [-0.4, -0.2) is 31.8 Å². The van der Waals surface area contributed by atoms with Crippen LogP contribution in [0.15, 0.2) is 12.1 Å². The first-order valence-corrected chi connectivity index (χ1v) is 6.69. The van der Waals surface area contributed by atoms with Gasteiger partial charge >= 0.3 is 0 Å². The lowest BCUT2D eigenvalue weighted by Crippen LogP contribution is -2.49. The maximum absolute atomic E-state index is 5.82. The number of nitrogens with two attached hydrogens (primary N) is 1. The normalized spacial score (nSPS) is 24.4. The third-order valence-electron chi connectivity index (χ3n) is 3.54. The van der Waals surface area contributed by atoms with Crippen molar-refractivity contribution in [2.45, 2.75) is 39.9 Å². The van der Waals surface area contributed by atoms with Crippen LogP contribution >= 0.6 is 0 Å². The van der Waals surface area contributed by atoms with Crippen LogP contribution in [0.3, 0.4) is 0 Å². The highest BCUT2D eigenvalue weighted by Crippen LogP contribution is 2.28. The SMILES string of the molecule is Cc1cc(C)c(N2CC(C)OC(CN)C2)c(C)c1. The molecular formula is C15H24N2O. The number of anilines is 1. The molecule has 0 radical (unpaired) electrons. The molecule has 1 aliphatic rings. The van der Waals surface area contributed by atoms with E-state index in [9.17, 15) is 0 Å². The molecule has 3 nitrogen and oxygen atoms in total. The van der Waals surface area contributed by atoms with E-state index in [1.54, 1.807) is 0 Å². The van der Waals surface area contributed by atoms with E-state index in [2.05, 4.69) is 44.7 Å². The van der Waals surface area contributed by atoms with Crippen LogP contribution in [0.4, 0.5) is 5.69 Å². The molecule has 0 spiro atoms. The average molecular weight is 248 g/mol. The molecule has 1 aliphatic heterocycles. The van der Waals surface area contributed by atoms with Gasteiger partial charge in [-0.05, 0) is 38.8 Å². The number of nitrogens with zero attached hydrogens (tertiary/aromatic N) is 1. The second-order valence-corrected chi connectivity index (χ2v) is 5.46. The van der Waals surface area contributed by atoms with Crippen LogP contribution in [0.25, 0.3) is 0 Å². The van der Waals surface area contributed by atoms with Gasteiger partial charge in [-0.2, -0.15) is 0 Å². The van der Waals surface area contributed by atoms with Crippen molar-refractivity contribution in [2.24, 2.45) is 5.73 Å². The van der Waals surface area contributed by atoms with Crippen LogP contribution in [0.2, 0.25) is 0 Å². The van der Waals surface area contributed by atoms with Crippen molar-refractivity contribution in [3.63, 3.8) is 0 Å². The molecule has 100 valence electrons. The molecular weight excluding hydrogens is 224 g/mol. The molecule has 2 rings (SSSR count). The highest BCUT2D eigenvalue weighted by molar-refractivity contribution is 5.60. The lowest BCUT2D eigenvalue weighted by atomic mass is 10.0. The minimum atomic E-state index is 0.147. The number of hydrogen-bond donors (Lipinski definition) is 1. The second kappa shape index (κ2) is 5.29. The summed E-state index contributed by atoms with van der Waals surface area (Å²) in [6.45, 7) is 11.1. The van der Waals surface area contributed by atoms with Crippen LogP contribution in [0, 0.1) is 20.8 Å². The summed E-state index contributed by atoms with van der Waals surface area (Å²) in [5, 5.41) is 0. The molecule has 1 aromatic carbocycles. The van der Waals surface area contributed by atoms with Gasteiger partial charge in [-0.25, -0.2) is 0 Å². The van der Waals surface area contributed by atoms with E-state index in [0.717, 1.165) is 13.1 Å². The molecule has 1 saturated heterocycles. The van der Waals surface area contributed by atoms with Gasteiger partial charge in [-0.15, -0.1) is 0 Å². The maximum atomic E-state index is 5.82. The van der Waals surface area contributed by atoms with Crippen LogP contribution in [0.5, 0.6) is 0 Å². The van der Waals surface area contributed by atoms with Crippen molar-refractivity contribution in [1.29, 1.82) is 0 Å². The largest absolute Gasteiger partial charge is 0.370 e. The lowest BCUT2D eigenvalue weighted by Gasteiger charge is -2.39. The number of benzene rings is 1. The van der Waals surface area contributed by atoms with E-state index >= 15 is 0 Å². The van der Waals surface area contributed by atoms with Crippen molar-refractivity contribution in [2.75, 3.05) is 24.5 Å². The first-order valence-electron chi connectivity index (χ1n) is 6.69. The van der Waals surface area contributed by atoms with Gasteiger partial charge in [0.25, 0.3) is 0 Å². The zero-order chi connectivity index (χ0) is 13.3. The minimum absolute atomic E-state index is 0.147. The first-order chi connectivity index (χ1) is 8.51. The number of hydrogen-bond acceptors (Lipinski definition) is 3. The Hall–Kier alpha value is -1.06. The summed E-state index contributed by atoms with van der Waals surface area (Å²) in [7, 11) is 0. The topological polar surface area (TPSA) is 38.5 Å². The Balaban J connectivity index is 2.30. The fourth-order valence-electron chi connectivity index (χ4n) is 3.03. The Bertz CT molecular complexity index is 407. The number of aryl methyl sites for hydroxylation is 3. The maximum Gasteiger partial charge on any atom is 0.0876 e.